The molecule has 0 aromatic heterocycles. The quantitative estimate of drug-likeness (QED) is 0.888. The molecule has 0 saturated carbocycles. The Kier molecular flexibility index (Phi) is 4.39. The van der Waals surface area contributed by atoms with E-state index in [1.807, 2.05) is 0 Å². The molecule has 0 aliphatic carbocycles. The van der Waals surface area contributed by atoms with Crippen molar-refractivity contribution in [3.8, 4) is 0 Å². The molecule has 1 amide bonds. The van der Waals surface area contributed by atoms with Crippen molar-refractivity contribution in [2.24, 2.45) is 5.73 Å². The number of likely N-dealkylation sites (N-methyl/N-ethyl adjacent to an activating group) is 1. The Hall–Kier alpha value is -0.770. The third-order valence-corrected chi connectivity index (χ3v) is 2.72. The van der Waals surface area contributed by atoms with Gasteiger partial charge in [0.15, 0.2) is 0 Å². The third-order valence-electron chi connectivity index (χ3n) is 1.98. The maximum absolute atomic E-state index is 11.8. The van der Waals surface area contributed by atoms with E-state index >= 15 is 0 Å². The van der Waals surface area contributed by atoms with Gasteiger partial charge in [-0.05, 0) is 18.2 Å². The molecular weight excluding hydrogens is 235 g/mol. The first-order valence-electron chi connectivity index (χ1n) is 4.47. The highest BCUT2D eigenvalue weighted by Gasteiger charge is 2.11. The van der Waals surface area contributed by atoms with Crippen LogP contribution in [0.2, 0.25) is 10.0 Å². The fourth-order valence-corrected chi connectivity index (χ4v) is 1.44. The van der Waals surface area contributed by atoms with E-state index in [1.54, 1.807) is 30.1 Å². The van der Waals surface area contributed by atoms with Gasteiger partial charge in [-0.15, -0.1) is 0 Å². The van der Waals surface area contributed by atoms with Gasteiger partial charge in [-0.3, -0.25) is 4.79 Å². The molecule has 82 valence electrons. The molecule has 0 saturated heterocycles. The summed E-state index contributed by atoms with van der Waals surface area (Å²) in [7, 11) is 1.69. The number of nitrogens with two attached hydrogens (primary N) is 1. The summed E-state index contributed by atoms with van der Waals surface area (Å²) in [5, 5.41) is 0.818. The van der Waals surface area contributed by atoms with Gasteiger partial charge in [-0.2, -0.15) is 0 Å². The van der Waals surface area contributed by atoms with Crippen LogP contribution in [0, 0.1) is 0 Å². The van der Waals surface area contributed by atoms with E-state index in [2.05, 4.69) is 0 Å². The number of nitrogens with zero attached hydrogens (tertiary/aromatic N) is 1. The number of carbonyl (C=O) groups is 1. The molecule has 5 heteroatoms. The summed E-state index contributed by atoms with van der Waals surface area (Å²) in [5.41, 5.74) is 5.87. The number of amides is 1. The molecule has 0 bridgehead atoms. The molecule has 0 fully saturated rings. The lowest BCUT2D eigenvalue weighted by Gasteiger charge is -2.16. The Balaban J connectivity index is 2.87. The second kappa shape index (κ2) is 5.35. The number of hydrogen-bond acceptors (Lipinski definition) is 2. The van der Waals surface area contributed by atoms with Crippen LogP contribution in [0.15, 0.2) is 18.2 Å². The number of carbonyl (C=O) groups excluding carboxylic acids is 1. The monoisotopic (exact) mass is 246 g/mol. The van der Waals surface area contributed by atoms with E-state index in [0.29, 0.717) is 28.7 Å². The van der Waals surface area contributed by atoms with Crippen molar-refractivity contribution in [3.63, 3.8) is 0 Å². The molecule has 0 spiro atoms. The van der Waals surface area contributed by atoms with Gasteiger partial charge in [0.2, 0.25) is 0 Å². The predicted octanol–water partition coefficient (Wildman–Crippen LogP) is 2.02. The Morgan fingerprint density at radius 3 is 2.60 bits per heavy atom. The first kappa shape index (κ1) is 12.3. The fourth-order valence-electron chi connectivity index (χ4n) is 1.14. The minimum absolute atomic E-state index is 0.112. The van der Waals surface area contributed by atoms with Crippen molar-refractivity contribution in [1.82, 2.24) is 4.90 Å². The molecular formula is C10H12Cl2N2O. The van der Waals surface area contributed by atoms with Gasteiger partial charge in [0.25, 0.3) is 5.91 Å². The van der Waals surface area contributed by atoms with E-state index in [4.69, 9.17) is 28.9 Å². The van der Waals surface area contributed by atoms with Crippen molar-refractivity contribution in [2.45, 2.75) is 0 Å². The Bertz CT molecular complexity index is 368. The number of rotatable bonds is 3. The zero-order valence-electron chi connectivity index (χ0n) is 8.34. The molecule has 0 aliphatic heterocycles. The topological polar surface area (TPSA) is 46.3 Å². The highest BCUT2D eigenvalue weighted by Crippen LogP contribution is 2.22. The molecule has 1 aromatic rings. The van der Waals surface area contributed by atoms with Gasteiger partial charge in [-0.1, -0.05) is 23.2 Å². The molecule has 1 aromatic carbocycles. The maximum atomic E-state index is 11.8. The summed E-state index contributed by atoms with van der Waals surface area (Å²) >= 11 is 11.6. The van der Waals surface area contributed by atoms with Crippen LogP contribution in [0.3, 0.4) is 0 Å². The van der Waals surface area contributed by atoms with Crippen LogP contribution in [0.5, 0.6) is 0 Å². The molecule has 0 aliphatic rings. The number of hydrogen-bond donors (Lipinski definition) is 1. The molecule has 0 unspecified atom stereocenters. The summed E-state index contributed by atoms with van der Waals surface area (Å²) in [4.78, 5) is 13.3. The minimum Gasteiger partial charge on any atom is -0.340 e. The average Bonchev–Trinajstić information content (AvgIpc) is 2.21. The standard InChI is InChI=1S/C10H12Cl2N2O/c1-14(5-4-13)10(15)7-2-3-8(11)9(12)6-7/h2-3,6H,4-5,13H2,1H3. The van der Waals surface area contributed by atoms with E-state index in [-0.39, 0.29) is 5.91 Å². The van der Waals surface area contributed by atoms with Crippen LogP contribution in [-0.4, -0.2) is 30.9 Å². The van der Waals surface area contributed by atoms with Gasteiger partial charge >= 0.3 is 0 Å². The normalized spacial score (nSPS) is 10.1. The average molecular weight is 247 g/mol. The van der Waals surface area contributed by atoms with Crippen LogP contribution in [-0.2, 0) is 0 Å². The van der Waals surface area contributed by atoms with E-state index in [1.165, 1.54) is 0 Å². The molecule has 3 nitrogen and oxygen atoms in total. The molecule has 15 heavy (non-hydrogen) atoms. The summed E-state index contributed by atoms with van der Waals surface area (Å²) < 4.78 is 0. The van der Waals surface area contributed by atoms with Crippen molar-refractivity contribution in [3.05, 3.63) is 33.8 Å². The maximum Gasteiger partial charge on any atom is 0.253 e. The third kappa shape index (κ3) is 3.09. The summed E-state index contributed by atoms with van der Waals surface area (Å²) in [6.45, 7) is 0.947. The summed E-state index contributed by atoms with van der Waals surface area (Å²) in [6.07, 6.45) is 0. The van der Waals surface area contributed by atoms with Crippen LogP contribution in [0.1, 0.15) is 10.4 Å². The van der Waals surface area contributed by atoms with Crippen molar-refractivity contribution < 1.29 is 4.79 Å². The number of halogens is 2. The highest BCUT2D eigenvalue weighted by molar-refractivity contribution is 6.42. The van der Waals surface area contributed by atoms with E-state index < -0.39 is 0 Å². The fraction of sp³-hybridized carbons (Fsp3) is 0.300. The predicted molar refractivity (Wildman–Crippen MR) is 62.5 cm³/mol. The summed E-state index contributed by atoms with van der Waals surface area (Å²) in [5.74, 6) is -0.112. The zero-order chi connectivity index (χ0) is 11.4. The van der Waals surface area contributed by atoms with Gasteiger partial charge in [0.05, 0.1) is 10.0 Å². The van der Waals surface area contributed by atoms with Crippen molar-refractivity contribution in [1.29, 1.82) is 0 Å². The Morgan fingerprint density at radius 2 is 2.07 bits per heavy atom. The van der Waals surface area contributed by atoms with Crippen molar-refractivity contribution >= 4 is 29.1 Å². The number of benzene rings is 1. The van der Waals surface area contributed by atoms with Crippen LogP contribution in [0.25, 0.3) is 0 Å². The lowest BCUT2D eigenvalue weighted by molar-refractivity contribution is 0.0799. The van der Waals surface area contributed by atoms with E-state index in [0.717, 1.165) is 0 Å². The first-order valence-corrected chi connectivity index (χ1v) is 5.22. The van der Waals surface area contributed by atoms with Crippen LogP contribution < -0.4 is 5.73 Å². The lowest BCUT2D eigenvalue weighted by Crippen LogP contribution is -2.31. The smallest absolute Gasteiger partial charge is 0.253 e. The van der Waals surface area contributed by atoms with Crippen LogP contribution in [0.4, 0.5) is 0 Å². The largest absolute Gasteiger partial charge is 0.340 e. The van der Waals surface area contributed by atoms with Crippen molar-refractivity contribution in [2.75, 3.05) is 20.1 Å². The summed E-state index contributed by atoms with van der Waals surface area (Å²) in [6, 6.07) is 4.80. The molecule has 0 heterocycles. The van der Waals surface area contributed by atoms with Gasteiger partial charge in [0, 0.05) is 25.7 Å². The Labute approximate surface area is 98.8 Å². The molecule has 0 atom stereocenters. The second-order valence-electron chi connectivity index (χ2n) is 3.14. The Morgan fingerprint density at radius 1 is 1.40 bits per heavy atom. The van der Waals surface area contributed by atoms with Gasteiger partial charge in [-0.25, -0.2) is 0 Å². The van der Waals surface area contributed by atoms with E-state index in [9.17, 15) is 4.79 Å². The molecule has 0 radical (unpaired) electrons. The highest BCUT2D eigenvalue weighted by atomic mass is 35.5. The second-order valence-corrected chi connectivity index (χ2v) is 3.96. The lowest BCUT2D eigenvalue weighted by atomic mass is 10.2. The molecule has 2 N–H and O–H groups in total. The minimum atomic E-state index is -0.112. The first-order chi connectivity index (χ1) is 7.06. The van der Waals surface area contributed by atoms with Crippen LogP contribution >= 0.6 is 23.2 Å². The SMILES string of the molecule is CN(CCN)C(=O)c1ccc(Cl)c(Cl)c1. The van der Waals surface area contributed by atoms with Gasteiger partial charge < -0.3 is 10.6 Å². The molecule has 1 rings (SSSR count). The van der Waals surface area contributed by atoms with Gasteiger partial charge in [0.1, 0.15) is 0 Å². The zero-order valence-corrected chi connectivity index (χ0v) is 9.85.